The van der Waals surface area contributed by atoms with Gasteiger partial charge in [0.05, 0.1) is 12.6 Å². The van der Waals surface area contributed by atoms with E-state index in [1.54, 1.807) is 6.20 Å². The van der Waals surface area contributed by atoms with Gasteiger partial charge in [0.2, 0.25) is 5.91 Å². The Hall–Kier alpha value is -3.47. The summed E-state index contributed by atoms with van der Waals surface area (Å²) >= 11 is 0. The third-order valence-corrected chi connectivity index (χ3v) is 5.25. The van der Waals surface area contributed by atoms with Gasteiger partial charge in [0, 0.05) is 19.0 Å². The summed E-state index contributed by atoms with van der Waals surface area (Å²) in [5, 5.41) is 3.08. The summed E-state index contributed by atoms with van der Waals surface area (Å²) in [6.45, 7) is 2.74. The van der Waals surface area contributed by atoms with Crippen LogP contribution in [0.5, 0.6) is 0 Å². The summed E-state index contributed by atoms with van der Waals surface area (Å²) in [4.78, 5) is 21.7. The zero-order valence-electron chi connectivity index (χ0n) is 17.2. The number of rotatable bonds is 8. The summed E-state index contributed by atoms with van der Waals surface area (Å²) in [6.07, 6.45) is 3.74. The van der Waals surface area contributed by atoms with Gasteiger partial charge in [-0.1, -0.05) is 60.7 Å². The van der Waals surface area contributed by atoms with E-state index in [4.69, 9.17) is 4.98 Å². The van der Waals surface area contributed by atoms with Crippen LogP contribution in [0.3, 0.4) is 0 Å². The number of carbonyl (C=O) groups excluding carboxylic acids is 1. The molecule has 0 aliphatic heterocycles. The van der Waals surface area contributed by atoms with Crippen molar-refractivity contribution in [3.05, 3.63) is 95.9 Å². The number of aromatic nitrogens is 3. The molecule has 1 unspecified atom stereocenters. The van der Waals surface area contributed by atoms with Crippen LogP contribution in [0.4, 0.5) is 0 Å². The van der Waals surface area contributed by atoms with E-state index in [2.05, 4.69) is 27.0 Å². The predicted molar refractivity (Wildman–Crippen MR) is 119 cm³/mol. The smallest absolute Gasteiger partial charge is 0.220 e. The molecule has 0 spiro atoms. The molecule has 1 N–H and O–H groups in total. The fourth-order valence-corrected chi connectivity index (χ4v) is 3.67. The summed E-state index contributed by atoms with van der Waals surface area (Å²) in [6, 6.07) is 24.2. The third kappa shape index (κ3) is 4.74. The Morgan fingerprint density at radius 2 is 1.73 bits per heavy atom. The molecule has 2 aromatic carbocycles. The monoisotopic (exact) mass is 398 g/mol. The van der Waals surface area contributed by atoms with Crippen LogP contribution in [0.1, 0.15) is 42.8 Å². The van der Waals surface area contributed by atoms with Gasteiger partial charge in [0.25, 0.3) is 0 Å². The van der Waals surface area contributed by atoms with Crippen LogP contribution in [0.2, 0.25) is 0 Å². The van der Waals surface area contributed by atoms with Gasteiger partial charge in [-0.05, 0) is 36.6 Å². The van der Waals surface area contributed by atoms with Crippen LogP contribution in [0.15, 0.2) is 79.0 Å². The number of aryl methyl sites for hydroxylation is 1. The number of nitrogens with zero attached hydrogens (tertiary/aromatic N) is 3. The van der Waals surface area contributed by atoms with E-state index in [0.29, 0.717) is 6.42 Å². The van der Waals surface area contributed by atoms with E-state index < -0.39 is 0 Å². The van der Waals surface area contributed by atoms with E-state index in [1.165, 1.54) is 5.56 Å². The average Bonchev–Trinajstić information content (AvgIpc) is 3.12. The molecule has 0 aliphatic rings. The maximum absolute atomic E-state index is 12.4. The number of benzene rings is 2. The second-order valence-electron chi connectivity index (χ2n) is 7.50. The van der Waals surface area contributed by atoms with Crippen LogP contribution < -0.4 is 5.32 Å². The van der Waals surface area contributed by atoms with Crippen molar-refractivity contribution in [2.75, 3.05) is 0 Å². The van der Waals surface area contributed by atoms with Crippen LogP contribution in [0, 0.1) is 0 Å². The molecule has 1 amide bonds. The Bertz CT molecular complexity index is 1110. The van der Waals surface area contributed by atoms with Crippen molar-refractivity contribution in [1.29, 1.82) is 0 Å². The van der Waals surface area contributed by atoms with Crippen LogP contribution in [0.25, 0.3) is 11.2 Å². The van der Waals surface area contributed by atoms with E-state index in [1.807, 2.05) is 67.6 Å². The maximum atomic E-state index is 12.4. The highest BCUT2D eigenvalue weighted by atomic mass is 16.1. The van der Waals surface area contributed by atoms with Gasteiger partial charge in [-0.2, -0.15) is 0 Å². The van der Waals surface area contributed by atoms with Crippen molar-refractivity contribution in [3.63, 3.8) is 0 Å². The SMILES string of the molecule is CC(NC(=O)CCCc1nc2cccnc2n1Cc1ccccc1)c1ccccc1. The Kier molecular flexibility index (Phi) is 6.18. The molecule has 4 aromatic rings. The third-order valence-electron chi connectivity index (χ3n) is 5.25. The first-order valence-electron chi connectivity index (χ1n) is 10.4. The molecule has 2 aromatic heterocycles. The molecule has 5 heteroatoms. The van der Waals surface area contributed by atoms with Crippen LogP contribution in [-0.4, -0.2) is 20.4 Å². The lowest BCUT2D eigenvalue weighted by Crippen LogP contribution is -2.26. The number of pyridine rings is 1. The highest BCUT2D eigenvalue weighted by Gasteiger charge is 2.14. The van der Waals surface area contributed by atoms with Crippen molar-refractivity contribution < 1.29 is 4.79 Å². The molecule has 0 radical (unpaired) electrons. The van der Waals surface area contributed by atoms with E-state index in [-0.39, 0.29) is 11.9 Å². The second-order valence-corrected chi connectivity index (χ2v) is 7.50. The molecule has 0 saturated heterocycles. The minimum atomic E-state index is 0.00514. The largest absolute Gasteiger partial charge is 0.350 e. The molecule has 152 valence electrons. The number of amides is 1. The number of carbonyl (C=O) groups is 1. The van der Waals surface area contributed by atoms with Gasteiger partial charge in [0.15, 0.2) is 5.65 Å². The molecule has 2 heterocycles. The van der Waals surface area contributed by atoms with Gasteiger partial charge < -0.3 is 9.88 Å². The Balaban J connectivity index is 1.41. The number of fused-ring (bicyclic) bond motifs is 1. The lowest BCUT2D eigenvalue weighted by atomic mass is 10.1. The van der Waals surface area contributed by atoms with E-state index in [9.17, 15) is 4.79 Å². The maximum Gasteiger partial charge on any atom is 0.220 e. The lowest BCUT2D eigenvalue weighted by Gasteiger charge is -2.14. The fourth-order valence-electron chi connectivity index (χ4n) is 3.67. The average molecular weight is 399 g/mol. The molecule has 5 nitrogen and oxygen atoms in total. The number of hydrogen-bond donors (Lipinski definition) is 1. The van der Waals surface area contributed by atoms with E-state index in [0.717, 1.165) is 41.9 Å². The molecule has 30 heavy (non-hydrogen) atoms. The minimum Gasteiger partial charge on any atom is -0.350 e. The summed E-state index contributed by atoms with van der Waals surface area (Å²) in [7, 11) is 0. The molecular formula is C25H26N4O. The predicted octanol–water partition coefficient (Wildman–Crippen LogP) is 4.68. The van der Waals surface area contributed by atoms with Crippen molar-refractivity contribution in [2.24, 2.45) is 0 Å². The quantitative estimate of drug-likeness (QED) is 0.469. The number of imidazole rings is 1. The lowest BCUT2D eigenvalue weighted by molar-refractivity contribution is -0.121. The topological polar surface area (TPSA) is 59.8 Å². The van der Waals surface area contributed by atoms with Crippen molar-refractivity contribution in [2.45, 2.75) is 38.8 Å². The van der Waals surface area contributed by atoms with Crippen LogP contribution >= 0.6 is 0 Å². The van der Waals surface area contributed by atoms with Crippen LogP contribution in [-0.2, 0) is 17.8 Å². The Labute approximate surface area is 176 Å². The summed E-state index contributed by atoms with van der Waals surface area (Å²) in [5.41, 5.74) is 4.10. The van der Waals surface area contributed by atoms with Gasteiger partial charge in [0.1, 0.15) is 11.3 Å². The normalized spacial score (nSPS) is 12.0. The first kappa shape index (κ1) is 19.8. The zero-order valence-corrected chi connectivity index (χ0v) is 17.2. The highest BCUT2D eigenvalue weighted by molar-refractivity contribution is 5.76. The van der Waals surface area contributed by atoms with E-state index >= 15 is 0 Å². The van der Waals surface area contributed by atoms with Crippen molar-refractivity contribution in [3.8, 4) is 0 Å². The van der Waals surface area contributed by atoms with Gasteiger partial charge in [-0.3, -0.25) is 4.79 Å². The first-order chi connectivity index (χ1) is 14.7. The fraction of sp³-hybridized carbons (Fsp3) is 0.240. The Morgan fingerprint density at radius 3 is 2.50 bits per heavy atom. The minimum absolute atomic E-state index is 0.00514. The highest BCUT2D eigenvalue weighted by Crippen LogP contribution is 2.18. The molecule has 1 atom stereocenters. The number of hydrogen-bond acceptors (Lipinski definition) is 3. The molecule has 4 rings (SSSR count). The molecule has 0 bridgehead atoms. The Morgan fingerprint density at radius 1 is 1.00 bits per heavy atom. The molecule has 0 aliphatic carbocycles. The summed E-state index contributed by atoms with van der Waals surface area (Å²) in [5.74, 6) is 1.03. The zero-order chi connectivity index (χ0) is 20.8. The number of nitrogens with one attached hydrogen (secondary N) is 1. The molecular weight excluding hydrogens is 372 g/mol. The standard InChI is InChI=1S/C25H26N4O/c1-19(21-12-6-3-7-13-21)27-24(30)16-8-15-23-28-22-14-9-17-26-25(22)29(23)18-20-10-4-2-5-11-20/h2-7,9-14,17,19H,8,15-16,18H2,1H3,(H,27,30). The molecule has 0 fully saturated rings. The van der Waals surface area contributed by atoms with Crippen molar-refractivity contribution in [1.82, 2.24) is 19.9 Å². The van der Waals surface area contributed by atoms with Gasteiger partial charge >= 0.3 is 0 Å². The van der Waals surface area contributed by atoms with Gasteiger partial charge in [-0.15, -0.1) is 0 Å². The molecule has 0 saturated carbocycles. The van der Waals surface area contributed by atoms with Crippen molar-refractivity contribution >= 4 is 17.1 Å². The first-order valence-corrected chi connectivity index (χ1v) is 10.4. The van der Waals surface area contributed by atoms with Gasteiger partial charge in [-0.25, -0.2) is 9.97 Å². The summed E-state index contributed by atoms with van der Waals surface area (Å²) < 4.78 is 2.16. The second kappa shape index (κ2) is 9.35.